The van der Waals surface area contributed by atoms with Crippen LogP contribution < -0.4 is 10.5 Å². The summed E-state index contributed by atoms with van der Waals surface area (Å²) in [6.45, 7) is 4.56. The van der Waals surface area contributed by atoms with Crippen LogP contribution in [0.2, 0.25) is 0 Å². The number of amides is 1. The Labute approximate surface area is 163 Å². The van der Waals surface area contributed by atoms with Gasteiger partial charge in [0.05, 0.1) is 0 Å². The van der Waals surface area contributed by atoms with Crippen molar-refractivity contribution in [3.8, 4) is 11.3 Å². The van der Waals surface area contributed by atoms with Crippen molar-refractivity contribution in [3.63, 3.8) is 0 Å². The molecule has 0 atom stereocenters. The number of H-pyrrole nitrogens is 1. The van der Waals surface area contributed by atoms with E-state index in [0.717, 1.165) is 16.9 Å². The predicted octanol–water partition coefficient (Wildman–Crippen LogP) is 2.71. The van der Waals surface area contributed by atoms with Gasteiger partial charge in [-0.3, -0.25) is 9.59 Å². The van der Waals surface area contributed by atoms with Gasteiger partial charge >= 0.3 is 0 Å². The summed E-state index contributed by atoms with van der Waals surface area (Å²) in [6, 6.07) is 17.0. The van der Waals surface area contributed by atoms with Crippen LogP contribution in [0.4, 0.5) is 5.82 Å². The molecule has 1 aromatic carbocycles. The van der Waals surface area contributed by atoms with Crippen molar-refractivity contribution in [3.05, 3.63) is 82.3 Å². The molecule has 3 heterocycles. The fraction of sp³-hybridized carbons (Fsp3) is 0.227. The van der Waals surface area contributed by atoms with Crippen molar-refractivity contribution < 1.29 is 4.79 Å². The molecule has 2 aromatic heterocycles. The second kappa shape index (κ2) is 7.68. The number of aryl methyl sites for hydroxylation is 1. The molecule has 1 fully saturated rings. The second-order valence-electron chi connectivity index (χ2n) is 6.90. The van der Waals surface area contributed by atoms with Crippen molar-refractivity contribution in [1.82, 2.24) is 14.9 Å². The lowest BCUT2D eigenvalue weighted by molar-refractivity contribution is 0.0744. The zero-order chi connectivity index (χ0) is 19.5. The van der Waals surface area contributed by atoms with Crippen LogP contribution in [0, 0.1) is 6.92 Å². The number of hydrogen-bond acceptors (Lipinski definition) is 4. The van der Waals surface area contributed by atoms with Crippen LogP contribution in [0.3, 0.4) is 0 Å². The van der Waals surface area contributed by atoms with E-state index in [9.17, 15) is 9.59 Å². The first-order valence-electron chi connectivity index (χ1n) is 9.38. The number of benzene rings is 1. The Kier molecular flexibility index (Phi) is 4.93. The third-order valence-corrected chi connectivity index (χ3v) is 5.07. The number of hydrogen-bond donors (Lipinski definition) is 1. The Morgan fingerprint density at radius 2 is 1.71 bits per heavy atom. The molecule has 0 bridgehead atoms. The molecule has 28 heavy (non-hydrogen) atoms. The maximum Gasteiger partial charge on any atom is 0.261 e. The molecule has 4 rings (SSSR count). The number of pyridine rings is 2. The highest BCUT2D eigenvalue weighted by molar-refractivity contribution is 5.94. The molecule has 1 N–H and O–H groups in total. The zero-order valence-electron chi connectivity index (χ0n) is 15.8. The first-order valence-corrected chi connectivity index (χ1v) is 9.38. The molecular formula is C22H22N4O2. The van der Waals surface area contributed by atoms with Crippen molar-refractivity contribution >= 4 is 11.7 Å². The molecule has 1 amide bonds. The van der Waals surface area contributed by atoms with E-state index in [0.29, 0.717) is 31.9 Å². The number of piperazine rings is 1. The lowest BCUT2D eigenvalue weighted by Gasteiger charge is -2.35. The van der Waals surface area contributed by atoms with E-state index in [-0.39, 0.29) is 17.0 Å². The van der Waals surface area contributed by atoms with E-state index in [4.69, 9.17) is 0 Å². The summed E-state index contributed by atoms with van der Waals surface area (Å²) >= 11 is 0. The maximum absolute atomic E-state index is 12.9. The largest absolute Gasteiger partial charge is 0.353 e. The molecule has 142 valence electrons. The predicted molar refractivity (Wildman–Crippen MR) is 110 cm³/mol. The fourth-order valence-corrected chi connectivity index (χ4v) is 3.53. The number of nitrogens with zero attached hydrogens (tertiary/aromatic N) is 3. The zero-order valence-corrected chi connectivity index (χ0v) is 15.8. The minimum Gasteiger partial charge on any atom is -0.353 e. The Morgan fingerprint density at radius 1 is 0.964 bits per heavy atom. The summed E-state index contributed by atoms with van der Waals surface area (Å²) < 4.78 is 0. The Hall–Kier alpha value is -3.41. The van der Waals surface area contributed by atoms with Crippen LogP contribution >= 0.6 is 0 Å². The van der Waals surface area contributed by atoms with E-state index in [1.54, 1.807) is 23.2 Å². The number of carbonyl (C=O) groups is 1. The highest BCUT2D eigenvalue weighted by Gasteiger charge is 2.25. The van der Waals surface area contributed by atoms with Crippen molar-refractivity contribution in [2.75, 3.05) is 31.1 Å². The monoisotopic (exact) mass is 374 g/mol. The van der Waals surface area contributed by atoms with Gasteiger partial charge in [0.25, 0.3) is 11.5 Å². The summed E-state index contributed by atoms with van der Waals surface area (Å²) in [5.74, 6) is 0.734. The molecule has 6 heteroatoms. The SMILES string of the molecule is Cc1cccnc1N1CCN(C(=O)c2ccc(-c3ccccc3)[nH]c2=O)CC1. The van der Waals surface area contributed by atoms with Crippen LogP contribution in [-0.4, -0.2) is 47.0 Å². The van der Waals surface area contributed by atoms with Crippen molar-refractivity contribution in [1.29, 1.82) is 0 Å². The average molecular weight is 374 g/mol. The van der Waals surface area contributed by atoms with Crippen molar-refractivity contribution in [2.24, 2.45) is 0 Å². The van der Waals surface area contributed by atoms with Crippen LogP contribution in [-0.2, 0) is 0 Å². The number of anilines is 1. The minimum absolute atomic E-state index is 0.183. The third-order valence-electron chi connectivity index (χ3n) is 5.07. The van der Waals surface area contributed by atoms with E-state index in [1.165, 1.54) is 0 Å². The Bertz CT molecular complexity index is 1040. The second-order valence-corrected chi connectivity index (χ2v) is 6.90. The third kappa shape index (κ3) is 3.53. The van der Waals surface area contributed by atoms with Gasteiger partial charge in [0.1, 0.15) is 11.4 Å². The molecule has 1 aliphatic rings. The average Bonchev–Trinajstić information content (AvgIpc) is 2.74. The summed E-state index contributed by atoms with van der Waals surface area (Å²) in [5, 5.41) is 0. The van der Waals surface area contributed by atoms with Gasteiger partial charge in [-0.25, -0.2) is 4.98 Å². The van der Waals surface area contributed by atoms with E-state index in [1.807, 2.05) is 49.4 Å². The normalized spacial score (nSPS) is 14.2. The van der Waals surface area contributed by atoms with Crippen LogP contribution in [0.25, 0.3) is 11.3 Å². The highest BCUT2D eigenvalue weighted by Crippen LogP contribution is 2.19. The quantitative estimate of drug-likeness (QED) is 0.765. The number of rotatable bonds is 3. The Morgan fingerprint density at radius 3 is 2.39 bits per heavy atom. The number of aromatic nitrogens is 2. The van der Waals surface area contributed by atoms with Gasteiger partial charge < -0.3 is 14.8 Å². The van der Waals surface area contributed by atoms with Gasteiger partial charge in [0.2, 0.25) is 0 Å². The molecule has 1 saturated heterocycles. The van der Waals surface area contributed by atoms with E-state index < -0.39 is 0 Å². The molecule has 0 radical (unpaired) electrons. The Balaban J connectivity index is 1.47. The van der Waals surface area contributed by atoms with Gasteiger partial charge in [0.15, 0.2) is 0 Å². The van der Waals surface area contributed by atoms with Crippen LogP contribution in [0.5, 0.6) is 0 Å². The number of nitrogens with one attached hydrogen (secondary N) is 1. The van der Waals surface area contributed by atoms with Crippen molar-refractivity contribution in [2.45, 2.75) is 6.92 Å². The number of carbonyl (C=O) groups excluding carboxylic acids is 1. The summed E-state index contributed by atoms with van der Waals surface area (Å²) in [7, 11) is 0. The van der Waals surface area contributed by atoms with E-state index >= 15 is 0 Å². The number of aromatic amines is 1. The van der Waals surface area contributed by atoms with Gasteiger partial charge in [-0.1, -0.05) is 36.4 Å². The van der Waals surface area contributed by atoms with Gasteiger partial charge in [0, 0.05) is 38.1 Å². The van der Waals surface area contributed by atoms with E-state index in [2.05, 4.69) is 14.9 Å². The van der Waals surface area contributed by atoms with Crippen LogP contribution in [0.1, 0.15) is 15.9 Å². The highest BCUT2D eigenvalue weighted by atomic mass is 16.2. The fourth-order valence-electron chi connectivity index (χ4n) is 3.53. The summed E-state index contributed by atoms with van der Waals surface area (Å²) in [4.78, 5) is 36.6. The van der Waals surface area contributed by atoms with Crippen LogP contribution in [0.15, 0.2) is 65.6 Å². The lowest BCUT2D eigenvalue weighted by atomic mass is 10.1. The standard InChI is InChI=1S/C22H22N4O2/c1-16-6-5-11-23-20(16)25-12-14-26(15-13-25)22(28)18-9-10-19(24-21(18)27)17-7-3-2-4-8-17/h2-11H,12-15H2,1H3,(H,24,27). The molecule has 6 nitrogen and oxygen atoms in total. The molecule has 0 aliphatic carbocycles. The molecule has 1 aliphatic heterocycles. The molecule has 0 spiro atoms. The van der Waals surface area contributed by atoms with Gasteiger partial charge in [-0.2, -0.15) is 0 Å². The topological polar surface area (TPSA) is 69.3 Å². The molecular weight excluding hydrogens is 352 g/mol. The minimum atomic E-state index is -0.352. The van der Waals surface area contributed by atoms with Gasteiger partial charge in [-0.05, 0) is 36.2 Å². The van der Waals surface area contributed by atoms with Gasteiger partial charge in [-0.15, -0.1) is 0 Å². The molecule has 0 saturated carbocycles. The summed E-state index contributed by atoms with van der Waals surface area (Å²) in [5.41, 5.74) is 2.57. The first-order chi connectivity index (χ1) is 13.6. The first kappa shape index (κ1) is 18.0. The summed E-state index contributed by atoms with van der Waals surface area (Å²) in [6.07, 6.45) is 1.79. The lowest BCUT2D eigenvalue weighted by Crippen LogP contribution is -2.50. The smallest absolute Gasteiger partial charge is 0.261 e. The molecule has 3 aromatic rings. The molecule has 0 unspecified atom stereocenters. The maximum atomic E-state index is 12.9.